The lowest BCUT2D eigenvalue weighted by Crippen LogP contribution is -2.27. The first kappa shape index (κ1) is 19.4. The van der Waals surface area contributed by atoms with E-state index in [4.69, 9.17) is 0 Å². The van der Waals surface area contributed by atoms with Gasteiger partial charge in [-0.1, -0.05) is 12.1 Å². The molecule has 2 aromatic carbocycles. The van der Waals surface area contributed by atoms with Crippen LogP contribution < -0.4 is 5.32 Å². The molecule has 3 rings (SSSR count). The van der Waals surface area contributed by atoms with Gasteiger partial charge in [0, 0.05) is 31.3 Å². The van der Waals surface area contributed by atoms with Gasteiger partial charge >= 0.3 is 0 Å². The van der Waals surface area contributed by atoms with Crippen molar-refractivity contribution in [2.75, 3.05) is 18.4 Å². The van der Waals surface area contributed by atoms with Crippen molar-refractivity contribution in [2.24, 2.45) is 0 Å². The van der Waals surface area contributed by atoms with Crippen molar-refractivity contribution < 1.29 is 22.0 Å². The Morgan fingerprint density at radius 3 is 2.30 bits per heavy atom. The van der Waals surface area contributed by atoms with Crippen LogP contribution in [0.25, 0.3) is 0 Å². The number of sulfonamides is 1. The molecular formula is C19H20F2N2O3S. The number of anilines is 1. The van der Waals surface area contributed by atoms with E-state index in [0.29, 0.717) is 19.5 Å². The fourth-order valence-corrected chi connectivity index (χ4v) is 4.48. The zero-order valence-corrected chi connectivity index (χ0v) is 15.4. The van der Waals surface area contributed by atoms with Gasteiger partial charge in [-0.3, -0.25) is 4.79 Å². The molecule has 8 heteroatoms. The molecule has 0 bridgehead atoms. The second-order valence-corrected chi connectivity index (χ2v) is 8.37. The molecule has 1 aliphatic heterocycles. The van der Waals surface area contributed by atoms with Gasteiger partial charge in [-0.15, -0.1) is 0 Å². The number of carbonyl (C=O) groups excluding carboxylic acids is 1. The number of benzene rings is 2. The predicted octanol–water partition coefficient (Wildman–Crippen LogP) is 3.32. The third-order valence-corrected chi connectivity index (χ3v) is 6.38. The summed E-state index contributed by atoms with van der Waals surface area (Å²) in [6.45, 7) is 1.10. The van der Waals surface area contributed by atoms with Crippen molar-refractivity contribution in [1.82, 2.24) is 4.31 Å². The van der Waals surface area contributed by atoms with Crippen LogP contribution in [-0.4, -0.2) is 31.7 Å². The molecule has 27 heavy (non-hydrogen) atoms. The molecule has 0 spiro atoms. The van der Waals surface area contributed by atoms with Crippen molar-refractivity contribution in [2.45, 2.75) is 30.6 Å². The molecule has 0 aromatic heterocycles. The van der Waals surface area contributed by atoms with Crippen LogP contribution in [0.5, 0.6) is 0 Å². The van der Waals surface area contributed by atoms with Crippen molar-refractivity contribution >= 4 is 21.6 Å². The SMILES string of the molecule is O=C(CCc1ccc(S(=O)(=O)N2CCCC2)cc1)Nc1ccc(F)c(F)c1. The van der Waals surface area contributed by atoms with Crippen LogP contribution in [0.15, 0.2) is 47.4 Å². The van der Waals surface area contributed by atoms with Crippen molar-refractivity contribution in [3.05, 3.63) is 59.7 Å². The second-order valence-electron chi connectivity index (χ2n) is 6.43. The first-order valence-electron chi connectivity index (χ1n) is 8.70. The summed E-state index contributed by atoms with van der Waals surface area (Å²) < 4.78 is 52.5. The summed E-state index contributed by atoms with van der Waals surface area (Å²) in [5.41, 5.74) is 1.00. The number of aryl methyl sites for hydroxylation is 1. The fraction of sp³-hybridized carbons (Fsp3) is 0.316. The van der Waals surface area contributed by atoms with Gasteiger partial charge in [-0.2, -0.15) is 4.31 Å². The van der Waals surface area contributed by atoms with E-state index in [0.717, 1.165) is 30.5 Å². The maximum Gasteiger partial charge on any atom is 0.243 e. The maximum absolute atomic E-state index is 13.1. The van der Waals surface area contributed by atoms with E-state index >= 15 is 0 Å². The summed E-state index contributed by atoms with van der Waals surface area (Å²) in [6, 6.07) is 9.64. The fourth-order valence-electron chi connectivity index (χ4n) is 2.96. The number of hydrogen-bond acceptors (Lipinski definition) is 3. The highest BCUT2D eigenvalue weighted by atomic mass is 32.2. The number of rotatable bonds is 6. The highest BCUT2D eigenvalue weighted by Gasteiger charge is 2.26. The minimum Gasteiger partial charge on any atom is -0.326 e. The first-order valence-corrected chi connectivity index (χ1v) is 10.1. The Morgan fingerprint density at radius 2 is 1.67 bits per heavy atom. The molecule has 2 aromatic rings. The molecule has 5 nitrogen and oxygen atoms in total. The van der Waals surface area contributed by atoms with Gasteiger partial charge in [-0.25, -0.2) is 17.2 Å². The largest absolute Gasteiger partial charge is 0.326 e. The van der Waals surface area contributed by atoms with E-state index in [9.17, 15) is 22.0 Å². The average Bonchev–Trinajstić information content (AvgIpc) is 3.19. The second kappa shape index (κ2) is 8.14. The molecule has 0 aliphatic carbocycles. The van der Waals surface area contributed by atoms with E-state index in [-0.39, 0.29) is 22.9 Å². The van der Waals surface area contributed by atoms with E-state index in [2.05, 4.69) is 5.32 Å². The first-order chi connectivity index (χ1) is 12.9. The Balaban J connectivity index is 1.56. The molecule has 1 saturated heterocycles. The van der Waals surface area contributed by atoms with E-state index < -0.39 is 21.7 Å². The summed E-state index contributed by atoms with van der Waals surface area (Å²) in [6.07, 6.45) is 2.30. The molecule has 1 heterocycles. The highest BCUT2D eigenvalue weighted by molar-refractivity contribution is 7.89. The monoisotopic (exact) mass is 394 g/mol. The van der Waals surface area contributed by atoms with Crippen LogP contribution in [-0.2, 0) is 21.2 Å². The highest BCUT2D eigenvalue weighted by Crippen LogP contribution is 2.21. The smallest absolute Gasteiger partial charge is 0.243 e. The number of carbonyl (C=O) groups is 1. The summed E-state index contributed by atoms with van der Waals surface area (Å²) >= 11 is 0. The summed E-state index contributed by atoms with van der Waals surface area (Å²) in [5, 5.41) is 2.50. The lowest BCUT2D eigenvalue weighted by atomic mass is 10.1. The zero-order chi connectivity index (χ0) is 19.4. The normalized spacial score (nSPS) is 15.0. The topological polar surface area (TPSA) is 66.5 Å². The Kier molecular flexibility index (Phi) is 5.86. The summed E-state index contributed by atoms with van der Waals surface area (Å²) in [4.78, 5) is 12.2. The molecule has 1 amide bonds. The number of hydrogen-bond donors (Lipinski definition) is 1. The van der Waals surface area contributed by atoms with Gasteiger partial charge in [-0.05, 0) is 49.1 Å². The quantitative estimate of drug-likeness (QED) is 0.817. The lowest BCUT2D eigenvalue weighted by Gasteiger charge is -2.15. The van der Waals surface area contributed by atoms with Gasteiger partial charge in [0.15, 0.2) is 11.6 Å². The Labute approximate surface area is 157 Å². The molecule has 0 radical (unpaired) electrons. The number of nitrogens with one attached hydrogen (secondary N) is 1. The number of nitrogens with zero attached hydrogens (tertiary/aromatic N) is 1. The standard InChI is InChI=1S/C19H20F2N2O3S/c20-17-9-6-15(13-18(17)21)22-19(24)10-5-14-3-7-16(8-4-14)27(25,26)23-11-1-2-12-23/h3-4,6-9,13H,1-2,5,10-12H2,(H,22,24). The van der Waals surface area contributed by atoms with Crippen LogP contribution in [0.3, 0.4) is 0 Å². The van der Waals surface area contributed by atoms with E-state index in [1.54, 1.807) is 24.3 Å². The Bertz CT molecular complexity index is 924. The van der Waals surface area contributed by atoms with E-state index in [1.165, 1.54) is 10.4 Å². The zero-order valence-electron chi connectivity index (χ0n) is 14.6. The van der Waals surface area contributed by atoms with Gasteiger partial charge in [0.25, 0.3) is 0 Å². The summed E-state index contributed by atoms with van der Waals surface area (Å²) in [7, 11) is -3.45. The molecule has 144 valence electrons. The van der Waals surface area contributed by atoms with Crippen LogP contribution in [0, 0.1) is 11.6 Å². The van der Waals surface area contributed by atoms with Crippen molar-refractivity contribution in [3.8, 4) is 0 Å². The van der Waals surface area contributed by atoms with Gasteiger partial charge in [0.2, 0.25) is 15.9 Å². The number of amides is 1. The van der Waals surface area contributed by atoms with Crippen molar-refractivity contribution in [1.29, 1.82) is 0 Å². The Hall–Kier alpha value is -2.32. The van der Waals surface area contributed by atoms with E-state index in [1.807, 2.05) is 0 Å². The molecule has 0 saturated carbocycles. The lowest BCUT2D eigenvalue weighted by molar-refractivity contribution is -0.116. The van der Waals surface area contributed by atoms with Gasteiger partial charge in [0.1, 0.15) is 0 Å². The summed E-state index contributed by atoms with van der Waals surface area (Å²) in [5.74, 6) is -2.34. The number of halogens is 2. The van der Waals surface area contributed by atoms with Gasteiger partial charge < -0.3 is 5.32 Å². The van der Waals surface area contributed by atoms with Crippen molar-refractivity contribution in [3.63, 3.8) is 0 Å². The molecule has 0 unspecified atom stereocenters. The Morgan fingerprint density at radius 1 is 1.00 bits per heavy atom. The van der Waals surface area contributed by atoms with Crippen LogP contribution in [0.4, 0.5) is 14.5 Å². The minimum absolute atomic E-state index is 0.136. The average molecular weight is 394 g/mol. The van der Waals surface area contributed by atoms with Crippen LogP contribution in [0.2, 0.25) is 0 Å². The third kappa shape index (κ3) is 4.70. The molecule has 1 aliphatic rings. The minimum atomic E-state index is -3.45. The maximum atomic E-state index is 13.1. The molecular weight excluding hydrogens is 374 g/mol. The predicted molar refractivity (Wildman–Crippen MR) is 97.7 cm³/mol. The molecule has 1 N–H and O–H groups in total. The van der Waals surface area contributed by atoms with Crippen LogP contribution in [0.1, 0.15) is 24.8 Å². The molecule has 1 fully saturated rings. The van der Waals surface area contributed by atoms with Gasteiger partial charge in [0.05, 0.1) is 4.90 Å². The molecule has 0 atom stereocenters. The third-order valence-electron chi connectivity index (χ3n) is 4.47. The van der Waals surface area contributed by atoms with Crippen LogP contribution >= 0.6 is 0 Å².